The van der Waals surface area contributed by atoms with Gasteiger partial charge in [-0.05, 0) is 43.9 Å². The van der Waals surface area contributed by atoms with E-state index in [2.05, 4.69) is 12.2 Å². The molecular formula is C16H29ClN2O2. The number of aliphatic hydroxyl groups is 1. The van der Waals surface area contributed by atoms with Crippen LogP contribution < -0.4 is 11.1 Å². The van der Waals surface area contributed by atoms with Crippen LogP contribution in [0.5, 0.6) is 0 Å². The normalized spacial score (nSPS) is 45.2. The van der Waals surface area contributed by atoms with Crippen molar-refractivity contribution in [2.75, 3.05) is 6.54 Å². The molecule has 0 aromatic rings. The smallest absolute Gasteiger partial charge is 0.224 e. The van der Waals surface area contributed by atoms with Crippen LogP contribution in [0.4, 0.5) is 0 Å². The summed E-state index contributed by atoms with van der Waals surface area (Å²) in [5.41, 5.74) is 6.07. The molecular weight excluding hydrogens is 288 g/mol. The van der Waals surface area contributed by atoms with E-state index in [0.29, 0.717) is 18.4 Å². The fourth-order valence-electron chi connectivity index (χ4n) is 4.72. The Balaban J connectivity index is 0.00000161. The zero-order chi connectivity index (χ0) is 14.3. The van der Waals surface area contributed by atoms with Crippen LogP contribution in [0.3, 0.4) is 0 Å². The molecule has 4 nitrogen and oxygen atoms in total. The van der Waals surface area contributed by atoms with E-state index in [1.165, 1.54) is 6.42 Å². The van der Waals surface area contributed by atoms with Gasteiger partial charge >= 0.3 is 0 Å². The summed E-state index contributed by atoms with van der Waals surface area (Å²) in [5, 5.41) is 13.3. The third-order valence-corrected chi connectivity index (χ3v) is 6.23. The van der Waals surface area contributed by atoms with Crippen LogP contribution in [-0.2, 0) is 4.79 Å². The highest BCUT2D eigenvalue weighted by Gasteiger charge is 2.49. The molecule has 0 spiro atoms. The van der Waals surface area contributed by atoms with Gasteiger partial charge in [0.2, 0.25) is 5.91 Å². The molecule has 0 aromatic heterocycles. The molecule has 21 heavy (non-hydrogen) atoms. The SMILES string of the molecule is CC1(CNC(=O)C2C3CCC(C3)C2N)CCCCC1O.Cl. The molecule has 0 radical (unpaired) electrons. The average molecular weight is 317 g/mol. The molecule has 0 aliphatic heterocycles. The third-order valence-electron chi connectivity index (χ3n) is 6.23. The largest absolute Gasteiger partial charge is 0.392 e. The third kappa shape index (κ3) is 3.08. The van der Waals surface area contributed by atoms with Crippen LogP contribution in [0, 0.1) is 23.2 Å². The first-order chi connectivity index (χ1) is 9.51. The van der Waals surface area contributed by atoms with Crippen molar-refractivity contribution in [1.82, 2.24) is 5.32 Å². The van der Waals surface area contributed by atoms with E-state index in [9.17, 15) is 9.90 Å². The Labute approximate surface area is 133 Å². The number of rotatable bonds is 3. The molecule has 122 valence electrons. The number of nitrogens with two attached hydrogens (primary N) is 1. The van der Waals surface area contributed by atoms with Crippen LogP contribution >= 0.6 is 12.4 Å². The van der Waals surface area contributed by atoms with Gasteiger partial charge in [0, 0.05) is 18.0 Å². The standard InChI is InChI=1S/C16H28N2O2.ClH/c1-16(7-3-2-4-12(16)19)9-18-15(20)13-10-5-6-11(8-10)14(13)17;/h10-14,19H,2-9,17H2,1H3,(H,18,20);1H. The number of halogens is 1. The van der Waals surface area contributed by atoms with Gasteiger partial charge in [-0.15, -0.1) is 12.4 Å². The lowest BCUT2D eigenvalue weighted by Crippen LogP contribution is -2.50. The topological polar surface area (TPSA) is 75.4 Å². The summed E-state index contributed by atoms with van der Waals surface area (Å²) >= 11 is 0. The first kappa shape index (κ1) is 17.0. The molecule has 6 unspecified atom stereocenters. The maximum absolute atomic E-state index is 12.5. The van der Waals surface area contributed by atoms with E-state index >= 15 is 0 Å². The minimum atomic E-state index is -0.287. The van der Waals surface area contributed by atoms with Gasteiger partial charge in [0.05, 0.1) is 12.0 Å². The highest BCUT2D eigenvalue weighted by atomic mass is 35.5. The van der Waals surface area contributed by atoms with Gasteiger partial charge in [-0.3, -0.25) is 4.79 Å². The number of fused-ring (bicyclic) bond motifs is 2. The van der Waals surface area contributed by atoms with Gasteiger partial charge in [0.1, 0.15) is 0 Å². The first-order valence-electron chi connectivity index (χ1n) is 8.22. The Kier molecular flexibility index (Phi) is 5.22. The maximum atomic E-state index is 12.5. The van der Waals surface area contributed by atoms with Crippen molar-refractivity contribution in [2.45, 2.75) is 64.0 Å². The van der Waals surface area contributed by atoms with Crippen LogP contribution in [-0.4, -0.2) is 29.7 Å². The molecule has 3 fully saturated rings. The molecule has 3 aliphatic carbocycles. The number of hydrogen-bond donors (Lipinski definition) is 3. The highest BCUT2D eigenvalue weighted by Crippen LogP contribution is 2.47. The lowest BCUT2D eigenvalue weighted by molar-refractivity contribution is -0.128. The van der Waals surface area contributed by atoms with Crippen molar-refractivity contribution >= 4 is 18.3 Å². The van der Waals surface area contributed by atoms with Crippen molar-refractivity contribution < 1.29 is 9.90 Å². The van der Waals surface area contributed by atoms with Crippen molar-refractivity contribution in [3.8, 4) is 0 Å². The van der Waals surface area contributed by atoms with Gasteiger partial charge in [-0.2, -0.15) is 0 Å². The molecule has 3 aliphatic rings. The highest BCUT2D eigenvalue weighted by molar-refractivity contribution is 5.85. The Hall–Kier alpha value is -0.320. The number of aliphatic hydroxyl groups excluding tert-OH is 1. The number of hydrogen-bond acceptors (Lipinski definition) is 3. The summed E-state index contributed by atoms with van der Waals surface area (Å²) in [6, 6.07) is 0.0536. The number of amides is 1. The van der Waals surface area contributed by atoms with E-state index in [4.69, 9.17) is 5.73 Å². The second-order valence-electron chi connectivity index (χ2n) is 7.57. The predicted octanol–water partition coefficient (Wildman–Crippen LogP) is 1.84. The lowest BCUT2D eigenvalue weighted by atomic mass is 9.73. The zero-order valence-electron chi connectivity index (χ0n) is 12.9. The fourth-order valence-corrected chi connectivity index (χ4v) is 4.72. The van der Waals surface area contributed by atoms with E-state index in [1.807, 2.05) is 0 Å². The summed E-state index contributed by atoms with van der Waals surface area (Å²) in [5.74, 6) is 1.20. The van der Waals surface area contributed by atoms with Crippen molar-refractivity contribution in [1.29, 1.82) is 0 Å². The van der Waals surface area contributed by atoms with Crippen LogP contribution in [0.15, 0.2) is 0 Å². The molecule has 0 aromatic carbocycles. The zero-order valence-corrected chi connectivity index (χ0v) is 13.7. The average Bonchev–Trinajstić information content (AvgIpc) is 3.01. The Morgan fingerprint density at radius 3 is 2.62 bits per heavy atom. The van der Waals surface area contributed by atoms with Gasteiger partial charge < -0.3 is 16.2 Å². The summed E-state index contributed by atoms with van der Waals surface area (Å²) < 4.78 is 0. The molecule has 0 heterocycles. The molecule has 3 saturated carbocycles. The van der Waals surface area contributed by atoms with Gasteiger partial charge in [-0.25, -0.2) is 0 Å². The van der Waals surface area contributed by atoms with E-state index < -0.39 is 0 Å². The molecule has 4 N–H and O–H groups in total. The molecule has 0 saturated heterocycles. The monoisotopic (exact) mass is 316 g/mol. The lowest BCUT2D eigenvalue weighted by Gasteiger charge is -2.39. The molecule has 6 atom stereocenters. The van der Waals surface area contributed by atoms with Crippen molar-refractivity contribution in [2.24, 2.45) is 28.9 Å². The second-order valence-corrected chi connectivity index (χ2v) is 7.57. The second kappa shape index (κ2) is 6.43. The molecule has 5 heteroatoms. The Bertz CT molecular complexity index is 390. The molecule has 1 amide bonds. The van der Waals surface area contributed by atoms with Gasteiger partial charge in [0.15, 0.2) is 0 Å². The molecule has 3 rings (SSSR count). The quantitative estimate of drug-likeness (QED) is 0.743. The number of carbonyl (C=O) groups excluding carboxylic acids is 1. The van der Waals surface area contributed by atoms with Crippen molar-refractivity contribution in [3.05, 3.63) is 0 Å². The van der Waals surface area contributed by atoms with E-state index in [0.717, 1.165) is 38.5 Å². The van der Waals surface area contributed by atoms with E-state index in [-0.39, 0.29) is 41.8 Å². The van der Waals surface area contributed by atoms with Crippen molar-refractivity contribution in [3.63, 3.8) is 0 Å². The predicted molar refractivity (Wildman–Crippen MR) is 85.1 cm³/mol. The summed E-state index contributed by atoms with van der Waals surface area (Å²) in [4.78, 5) is 12.5. The van der Waals surface area contributed by atoms with Crippen LogP contribution in [0.25, 0.3) is 0 Å². The fraction of sp³-hybridized carbons (Fsp3) is 0.938. The van der Waals surface area contributed by atoms with E-state index in [1.54, 1.807) is 0 Å². The van der Waals surface area contributed by atoms with Crippen LogP contribution in [0.1, 0.15) is 51.9 Å². The number of nitrogens with one attached hydrogen (secondary N) is 1. The van der Waals surface area contributed by atoms with Gasteiger partial charge in [0.25, 0.3) is 0 Å². The van der Waals surface area contributed by atoms with Gasteiger partial charge in [-0.1, -0.05) is 19.8 Å². The minimum absolute atomic E-state index is 0. The number of carbonyl (C=O) groups is 1. The summed E-state index contributed by atoms with van der Waals surface area (Å²) in [7, 11) is 0. The van der Waals surface area contributed by atoms with Crippen LogP contribution in [0.2, 0.25) is 0 Å². The molecule has 2 bridgehead atoms. The Morgan fingerprint density at radius 2 is 2.00 bits per heavy atom. The summed E-state index contributed by atoms with van der Waals surface area (Å²) in [6.07, 6.45) is 7.32. The minimum Gasteiger partial charge on any atom is -0.392 e. The maximum Gasteiger partial charge on any atom is 0.224 e. The Morgan fingerprint density at radius 1 is 1.29 bits per heavy atom. The summed E-state index contributed by atoms with van der Waals surface area (Å²) in [6.45, 7) is 2.69. The first-order valence-corrected chi connectivity index (χ1v) is 8.22.